The van der Waals surface area contributed by atoms with E-state index in [9.17, 15) is 4.79 Å². The quantitative estimate of drug-likeness (QED) is 0.638. The molecule has 0 radical (unpaired) electrons. The Kier molecular flexibility index (Phi) is 6.88. The molecule has 2 atom stereocenters. The van der Waals surface area contributed by atoms with Gasteiger partial charge in [0.25, 0.3) is 0 Å². The number of benzene rings is 1. The SMILES string of the molecule is CSC1=N[C@H](SCC(=O)N[C@H](C)Cc2ccccc2)c2c(sc3c2CCCC3)N1. The maximum absolute atomic E-state index is 12.6. The smallest absolute Gasteiger partial charge is 0.230 e. The van der Waals surface area contributed by atoms with Crippen molar-refractivity contribution in [3.05, 3.63) is 51.9 Å². The molecule has 0 saturated carbocycles. The van der Waals surface area contributed by atoms with Crippen molar-refractivity contribution in [3.63, 3.8) is 0 Å². The second kappa shape index (κ2) is 9.58. The zero-order valence-corrected chi connectivity index (χ0v) is 19.3. The van der Waals surface area contributed by atoms with E-state index in [-0.39, 0.29) is 17.3 Å². The highest BCUT2D eigenvalue weighted by molar-refractivity contribution is 8.13. The van der Waals surface area contributed by atoms with E-state index in [2.05, 4.69) is 29.7 Å². The average Bonchev–Trinajstić information content (AvgIpc) is 3.11. The first-order valence-corrected chi connectivity index (χ1v) is 13.2. The van der Waals surface area contributed by atoms with Crippen LogP contribution >= 0.6 is 34.9 Å². The molecule has 0 spiro atoms. The maximum atomic E-state index is 12.6. The highest BCUT2D eigenvalue weighted by Gasteiger charge is 2.30. The van der Waals surface area contributed by atoms with Gasteiger partial charge >= 0.3 is 0 Å². The molecule has 7 heteroatoms. The summed E-state index contributed by atoms with van der Waals surface area (Å²) in [6.07, 6.45) is 7.75. The van der Waals surface area contributed by atoms with Crippen molar-refractivity contribution in [2.75, 3.05) is 17.3 Å². The predicted octanol–water partition coefficient (Wildman–Crippen LogP) is 5.25. The number of thioether (sulfide) groups is 2. The highest BCUT2D eigenvalue weighted by atomic mass is 32.2. The molecular weight excluding hydrogens is 418 g/mol. The summed E-state index contributed by atoms with van der Waals surface area (Å²) in [4.78, 5) is 19.0. The molecule has 0 bridgehead atoms. The monoisotopic (exact) mass is 445 g/mol. The number of amides is 1. The van der Waals surface area contributed by atoms with Gasteiger partial charge in [-0.1, -0.05) is 42.1 Å². The lowest BCUT2D eigenvalue weighted by molar-refractivity contribution is -0.119. The first-order valence-electron chi connectivity index (χ1n) is 10.1. The first-order chi connectivity index (χ1) is 14.1. The molecule has 1 aromatic heterocycles. The summed E-state index contributed by atoms with van der Waals surface area (Å²) in [6.45, 7) is 2.07. The van der Waals surface area contributed by atoms with Crippen LogP contribution in [0, 0.1) is 0 Å². The van der Waals surface area contributed by atoms with Gasteiger partial charge in [-0.25, -0.2) is 4.99 Å². The van der Waals surface area contributed by atoms with Crippen molar-refractivity contribution in [3.8, 4) is 0 Å². The van der Waals surface area contributed by atoms with Crippen LogP contribution in [0.3, 0.4) is 0 Å². The third kappa shape index (κ3) is 5.01. The van der Waals surface area contributed by atoms with Crippen LogP contribution < -0.4 is 10.6 Å². The fourth-order valence-corrected chi connectivity index (χ4v) is 6.90. The van der Waals surface area contributed by atoms with E-state index in [1.54, 1.807) is 23.5 Å². The summed E-state index contributed by atoms with van der Waals surface area (Å²) < 4.78 is 0. The Morgan fingerprint density at radius 2 is 2.10 bits per heavy atom. The molecular formula is C22H27N3OS3. The van der Waals surface area contributed by atoms with Crippen molar-refractivity contribution in [2.45, 2.75) is 50.4 Å². The molecule has 154 valence electrons. The molecule has 1 amide bonds. The molecule has 0 saturated heterocycles. The van der Waals surface area contributed by atoms with Gasteiger partial charge in [-0.05, 0) is 56.4 Å². The molecule has 1 aliphatic heterocycles. The van der Waals surface area contributed by atoms with E-state index >= 15 is 0 Å². The highest BCUT2D eigenvalue weighted by Crippen LogP contribution is 2.48. The van der Waals surface area contributed by atoms with Crippen molar-refractivity contribution in [2.24, 2.45) is 4.99 Å². The molecule has 4 nitrogen and oxygen atoms in total. The number of nitrogens with zero attached hydrogens (tertiary/aromatic N) is 1. The van der Waals surface area contributed by atoms with Crippen LogP contribution in [0.15, 0.2) is 35.3 Å². The number of aryl methyl sites for hydroxylation is 1. The van der Waals surface area contributed by atoms with Gasteiger partial charge < -0.3 is 10.6 Å². The molecule has 2 aliphatic rings. The summed E-state index contributed by atoms with van der Waals surface area (Å²) in [7, 11) is 0. The molecule has 1 aromatic carbocycles. The van der Waals surface area contributed by atoms with Gasteiger partial charge in [0, 0.05) is 16.5 Å². The van der Waals surface area contributed by atoms with Gasteiger partial charge in [0.15, 0.2) is 5.17 Å². The van der Waals surface area contributed by atoms with Crippen LogP contribution in [-0.4, -0.2) is 29.1 Å². The lowest BCUT2D eigenvalue weighted by Crippen LogP contribution is -2.35. The molecule has 0 unspecified atom stereocenters. The lowest BCUT2D eigenvalue weighted by Gasteiger charge is -2.23. The van der Waals surface area contributed by atoms with Crippen LogP contribution in [0.5, 0.6) is 0 Å². The number of nitrogens with one attached hydrogen (secondary N) is 2. The molecule has 2 heterocycles. The fourth-order valence-electron chi connectivity index (χ4n) is 3.96. The normalized spacial score (nSPS) is 18.8. The maximum Gasteiger partial charge on any atom is 0.230 e. The summed E-state index contributed by atoms with van der Waals surface area (Å²) in [5, 5.41) is 8.85. The number of aliphatic imine (C=N–C) groups is 1. The van der Waals surface area contributed by atoms with Crippen molar-refractivity contribution >= 4 is 50.9 Å². The number of fused-ring (bicyclic) bond motifs is 3. The van der Waals surface area contributed by atoms with E-state index in [0.717, 1.165) is 18.0 Å². The molecule has 4 rings (SSSR count). The summed E-state index contributed by atoms with van der Waals surface area (Å²) >= 11 is 5.17. The summed E-state index contributed by atoms with van der Waals surface area (Å²) in [5.74, 6) is 0.516. The molecule has 2 aromatic rings. The number of hydrogen-bond acceptors (Lipinski definition) is 6. The van der Waals surface area contributed by atoms with Crippen LogP contribution in [-0.2, 0) is 24.1 Å². The number of hydrogen-bond donors (Lipinski definition) is 2. The van der Waals surface area contributed by atoms with Crippen molar-refractivity contribution in [1.29, 1.82) is 0 Å². The Balaban J connectivity index is 1.39. The Morgan fingerprint density at radius 1 is 1.31 bits per heavy atom. The third-order valence-corrected chi connectivity index (χ3v) is 8.17. The topological polar surface area (TPSA) is 53.5 Å². The fraction of sp³-hybridized carbons (Fsp3) is 0.455. The minimum absolute atomic E-state index is 0.0157. The van der Waals surface area contributed by atoms with E-state index in [0.29, 0.717) is 5.75 Å². The summed E-state index contributed by atoms with van der Waals surface area (Å²) in [5.41, 5.74) is 4.07. The van der Waals surface area contributed by atoms with E-state index in [1.165, 1.54) is 45.8 Å². The summed E-state index contributed by atoms with van der Waals surface area (Å²) in [6, 6.07) is 10.4. The van der Waals surface area contributed by atoms with E-state index in [4.69, 9.17) is 4.99 Å². The van der Waals surface area contributed by atoms with Gasteiger partial charge in [-0.3, -0.25) is 4.79 Å². The van der Waals surface area contributed by atoms with Crippen LogP contribution in [0.4, 0.5) is 5.00 Å². The Bertz CT molecular complexity index is 894. The van der Waals surface area contributed by atoms with Crippen LogP contribution in [0.1, 0.15) is 46.7 Å². The number of anilines is 1. The second-order valence-electron chi connectivity index (χ2n) is 7.54. The van der Waals surface area contributed by atoms with Crippen LogP contribution in [0.25, 0.3) is 0 Å². The number of amidine groups is 1. The third-order valence-electron chi connectivity index (χ3n) is 5.27. The molecule has 1 aliphatic carbocycles. The lowest BCUT2D eigenvalue weighted by atomic mass is 9.95. The predicted molar refractivity (Wildman–Crippen MR) is 128 cm³/mol. The van der Waals surface area contributed by atoms with Gasteiger partial charge in [-0.2, -0.15) is 0 Å². The van der Waals surface area contributed by atoms with E-state index < -0.39 is 0 Å². The van der Waals surface area contributed by atoms with E-state index in [1.807, 2.05) is 35.8 Å². The minimum atomic E-state index is 0.0157. The largest absolute Gasteiger partial charge is 0.353 e. The molecule has 0 fully saturated rings. The van der Waals surface area contributed by atoms with Gasteiger partial charge in [0.1, 0.15) is 10.4 Å². The Morgan fingerprint density at radius 3 is 2.90 bits per heavy atom. The molecule has 29 heavy (non-hydrogen) atoms. The number of thiophene rings is 1. The Hall–Kier alpha value is -1.44. The minimum Gasteiger partial charge on any atom is -0.353 e. The van der Waals surface area contributed by atoms with Crippen LogP contribution in [0.2, 0.25) is 0 Å². The zero-order chi connectivity index (χ0) is 20.2. The van der Waals surface area contributed by atoms with Gasteiger partial charge in [-0.15, -0.1) is 23.1 Å². The van der Waals surface area contributed by atoms with Gasteiger partial charge in [0.05, 0.1) is 5.75 Å². The Labute approximate surface area is 185 Å². The van der Waals surface area contributed by atoms with Gasteiger partial charge in [0.2, 0.25) is 5.91 Å². The first kappa shape index (κ1) is 20.8. The molecule has 2 N–H and O–H groups in total. The second-order valence-corrected chi connectivity index (χ2v) is 10.5. The van der Waals surface area contributed by atoms with Crippen molar-refractivity contribution < 1.29 is 4.79 Å². The number of rotatable bonds is 6. The number of carbonyl (C=O) groups excluding carboxylic acids is 1. The zero-order valence-electron chi connectivity index (χ0n) is 16.9. The average molecular weight is 446 g/mol. The number of carbonyl (C=O) groups is 1. The van der Waals surface area contributed by atoms with Crippen molar-refractivity contribution in [1.82, 2.24) is 5.32 Å². The standard InChI is InChI=1S/C22H27N3OS3/c1-14(12-15-8-4-3-5-9-15)23-18(26)13-28-20-19-16-10-6-7-11-17(16)29-21(19)25-22(24-20)27-2/h3-5,8-9,14,20H,6-7,10-13H2,1-2H3,(H,23,26)(H,24,25)/t14-,20-/m1/s1.